The highest BCUT2D eigenvalue weighted by molar-refractivity contribution is 5.84. The first-order valence-corrected chi connectivity index (χ1v) is 6.14. The van der Waals surface area contributed by atoms with Gasteiger partial charge in [0.15, 0.2) is 0 Å². The minimum atomic E-state index is 0.314. The third-order valence-corrected chi connectivity index (χ3v) is 4.07. The van der Waals surface area contributed by atoms with Crippen molar-refractivity contribution in [1.82, 2.24) is 5.32 Å². The van der Waals surface area contributed by atoms with Crippen LogP contribution in [0.1, 0.15) is 18.4 Å². The standard InChI is InChI=1S/C14H17NO/c16-14-7-6-11-12(14)9-15-13(11)8-10-4-2-1-3-5-10/h1-5,11-13,15H,6-9H2. The van der Waals surface area contributed by atoms with Crippen molar-refractivity contribution in [2.75, 3.05) is 6.54 Å². The highest BCUT2D eigenvalue weighted by atomic mass is 16.1. The van der Waals surface area contributed by atoms with Crippen LogP contribution in [-0.4, -0.2) is 18.4 Å². The van der Waals surface area contributed by atoms with Crippen molar-refractivity contribution in [2.45, 2.75) is 25.3 Å². The molecule has 1 aromatic carbocycles. The van der Waals surface area contributed by atoms with Crippen molar-refractivity contribution in [2.24, 2.45) is 11.8 Å². The van der Waals surface area contributed by atoms with Crippen LogP contribution in [0.5, 0.6) is 0 Å². The van der Waals surface area contributed by atoms with Crippen molar-refractivity contribution in [3.8, 4) is 0 Å². The Morgan fingerprint density at radius 2 is 2.06 bits per heavy atom. The third-order valence-electron chi connectivity index (χ3n) is 4.07. The molecule has 1 heterocycles. The summed E-state index contributed by atoms with van der Waals surface area (Å²) in [6, 6.07) is 11.1. The van der Waals surface area contributed by atoms with Crippen molar-refractivity contribution < 1.29 is 4.79 Å². The number of nitrogens with one attached hydrogen (secondary N) is 1. The number of hydrogen-bond donors (Lipinski definition) is 1. The molecule has 1 aromatic rings. The fourth-order valence-electron chi connectivity index (χ4n) is 3.20. The fraction of sp³-hybridized carbons (Fsp3) is 0.500. The first kappa shape index (κ1) is 10.0. The molecule has 2 aliphatic rings. The van der Waals surface area contributed by atoms with E-state index in [2.05, 4.69) is 29.6 Å². The van der Waals surface area contributed by atoms with E-state index < -0.39 is 0 Å². The summed E-state index contributed by atoms with van der Waals surface area (Å²) in [6.07, 6.45) is 2.96. The van der Waals surface area contributed by atoms with Gasteiger partial charge in [0.05, 0.1) is 0 Å². The van der Waals surface area contributed by atoms with Crippen LogP contribution in [0.3, 0.4) is 0 Å². The minimum Gasteiger partial charge on any atom is -0.313 e. The Hall–Kier alpha value is -1.15. The van der Waals surface area contributed by atoms with Gasteiger partial charge in [0.1, 0.15) is 5.78 Å². The van der Waals surface area contributed by atoms with Gasteiger partial charge in [0.2, 0.25) is 0 Å². The molecule has 3 rings (SSSR count). The molecule has 0 amide bonds. The molecule has 1 saturated heterocycles. The summed E-state index contributed by atoms with van der Waals surface area (Å²) in [5.41, 5.74) is 1.37. The van der Waals surface area contributed by atoms with Gasteiger partial charge in [-0.3, -0.25) is 4.79 Å². The second-order valence-electron chi connectivity index (χ2n) is 4.98. The van der Waals surface area contributed by atoms with Gasteiger partial charge in [-0.15, -0.1) is 0 Å². The maximum absolute atomic E-state index is 11.6. The van der Waals surface area contributed by atoms with Crippen LogP contribution in [-0.2, 0) is 11.2 Å². The highest BCUT2D eigenvalue weighted by Gasteiger charge is 2.43. The van der Waals surface area contributed by atoms with Crippen LogP contribution in [0.15, 0.2) is 30.3 Å². The Balaban J connectivity index is 1.71. The van der Waals surface area contributed by atoms with E-state index in [9.17, 15) is 4.79 Å². The van der Waals surface area contributed by atoms with Gasteiger partial charge in [-0.25, -0.2) is 0 Å². The number of Topliss-reactive ketones (excluding diaryl/α,β-unsaturated/α-hetero) is 1. The molecular formula is C14H17NO. The molecule has 1 aliphatic heterocycles. The summed E-state index contributed by atoms with van der Waals surface area (Å²) in [5, 5.41) is 3.52. The molecule has 0 aromatic heterocycles. The SMILES string of the molecule is O=C1CCC2C(Cc3ccccc3)NCC12. The quantitative estimate of drug-likeness (QED) is 0.815. The number of ketones is 1. The van der Waals surface area contributed by atoms with E-state index in [0.717, 1.165) is 25.8 Å². The summed E-state index contributed by atoms with van der Waals surface area (Å²) in [4.78, 5) is 11.6. The van der Waals surface area contributed by atoms with Gasteiger partial charge in [-0.2, -0.15) is 0 Å². The van der Waals surface area contributed by atoms with E-state index in [1.165, 1.54) is 5.56 Å². The van der Waals surface area contributed by atoms with Crippen molar-refractivity contribution in [3.63, 3.8) is 0 Å². The molecule has 2 fully saturated rings. The normalized spacial score (nSPS) is 33.0. The molecule has 3 atom stereocenters. The molecule has 16 heavy (non-hydrogen) atoms. The number of carbonyl (C=O) groups is 1. The van der Waals surface area contributed by atoms with Crippen molar-refractivity contribution in [3.05, 3.63) is 35.9 Å². The maximum atomic E-state index is 11.6. The molecule has 0 radical (unpaired) electrons. The molecule has 1 N–H and O–H groups in total. The molecular weight excluding hydrogens is 198 g/mol. The Bertz CT molecular complexity index is 387. The van der Waals surface area contributed by atoms with Crippen LogP contribution < -0.4 is 5.32 Å². The van der Waals surface area contributed by atoms with Gasteiger partial charge in [0, 0.05) is 24.9 Å². The first-order chi connectivity index (χ1) is 7.84. The van der Waals surface area contributed by atoms with E-state index in [1.807, 2.05) is 6.07 Å². The van der Waals surface area contributed by atoms with E-state index in [1.54, 1.807) is 0 Å². The molecule has 84 valence electrons. The molecule has 1 saturated carbocycles. The van der Waals surface area contributed by atoms with Crippen LogP contribution in [0, 0.1) is 11.8 Å². The lowest BCUT2D eigenvalue weighted by molar-refractivity contribution is -0.120. The molecule has 3 unspecified atom stereocenters. The molecule has 2 nitrogen and oxygen atoms in total. The smallest absolute Gasteiger partial charge is 0.137 e. The summed E-state index contributed by atoms with van der Waals surface area (Å²) >= 11 is 0. The number of hydrogen-bond acceptors (Lipinski definition) is 2. The van der Waals surface area contributed by atoms with E-state index in [0.29, 0.717) is 23.7 Å². The number of fused-ring (bicyclic) bond motifs is 1. The zero-order chi connectivity index (χ0) is 11.0. The van der Waals surface area contributed by atoms with Crippen LogP contribution in [0.25, 0.3) is 0 Å². The summed E-state index contributed by atoms with van der Waals surface area (Å²) < 4.78 is 0. The zero-order valence-electron chi connectivity index (χ0n) is 9.36. The summed E-state index contributed by atoms with van der Waals surface area (Å²) in [5.74, 6) is 1.38. The van der Waals surface area contributed by atoms with Crippen molar-refractivity contribution in [1.29, 1.82) is 0 Å². The van der Waals surface area contributed by atoms with E-state index in [-0.39, 0.29) is 0 Å². The van der Waals surface area contributed by atoms with Gasteiger partial charge < -0.3 is 5.32 Å². The average molecular weight is 215 g/mol. The van der Waals surface area contributed by atoms with Gasteiger partial charge in [-0.1, -0.05) is 30.3 Å². The molecule has 0 bridgehead atoms. The zero-order valence-corrected chi connectivity index (χ0v) is 9.36. The second-order valence-corrected chi connectivity index (χ2v) is 4.98. The summed E-state index contributed by atoms with van der Waals surface area (Å²) in [7, 11) is 0. The Morgan fingerprint density at radius 3 is 2.88 bits per heavy atom. The largest absolute Gasteiger partial charge is 0.313 e. The van der Waals surface area contributed by atoms with Crippen LogP contribution >= 0.6 is 0 Å². The number of rotatable bonds is 2. The predicted octanol–water partition coefficient (Wildman–Crippen LogP) is 1.80. The summed E-state index contributed by atoms with van der Waals surface area (Å²) in [6.45, 7) is 0.904. The second kappa shape index (κ2) is 4.02. The van der Waals surface area contributed by atoms with Gasteiger partial charge >= 0.3 is 0 Å². The van der Waals surface area contributed by atoms with Crippen molar-refractivity contribution >= 4 is 5.78 Å². The fourth-order valence-corrected chi connectivity index (χ4v) is 3.20. The molecule has 2 heteroatoms. The maximum Gasteiger partial charge on any atom is 0.137 e. The van der Waals surface area contributed by atoms with Gasteiger partial charge in [0.25, 0.3) is 0 Å². The topological polar surface area (TPSA) is 29.1 Å². The Morgan fingerprint density at radius 1 is 1.25 bits per heavy atom. The average Bonchev–Trinajstić information content (AvgIpc) is 2.86. The van der Waals surface area contributed by atoms with Crippen LogP contribution in [0.4, 0.5) is 0 Å². The third kappa shape index (κ3) is 1.67. The minimum absolute atomic E-state index is 0.314. The number of carbonyl (C=O) groups excluding carboxylic acids is 1. The lowest BCUT2D eigenvalue weighted by atomic mass is 9.90. The Kier molecular flexibility index (Phi) is 2.52. The van der Waals surface area contributed by atoms with Crippen LogP contribution in [0.2, 0.25) is 0 Å². The Labute approximate surface area is 96.1 Å². The van der Waals surface area contributed by atoms with E-state index >= 15 is 0 Å². The lowest BCUT2D eigenvalue weighted by Gasteiger charge is -2.17. The predicted molar refractivity (Wildman–Crippen MR) is 63.2 cm³/mol. The monoisotopic (exact) mass is 215 g/mol. The molecule has 0 spiro atoms. The molecule has 1 aliphatic carbocycles. The number of benzene rings is 1. The lowest BCUT2D eigenvalue weighted by Crippen LogP contribution is -2.29. The highest BCUT2D eigenvalue weighted by Crippen LogP contribution is 2.36. The first-order valence-electron chi connectivity index (χ1n) is 6.14. The van der Waals surface area contributed by atoms with Gasteiger partial charge in [-0.05, 0) is 24.3 Å². The van der Waals surface area contributed by atoms with E-state index in [4.69, 9.17) is 0 Å².